The van der Waals surface area contributed by atoms with Crippen LogP contribution in [0.1, 0.15) is 44.9 Å². The van der Waals surface area contributed by atoms with E-state index in [1.54, 1.807) is 25.2 Å². The summed E-state index contributed by atoms with van der Waals surface area (Å²) < 4.78 is 34.9. The summed E-state index contributed by atoms with van der Waals surface area (Å²) in [5, 5.41) is 16.7. The van der Waals surface area contributed by atoms with Crippen LogP contribution in [0, 0.1) is 10.8 Å². The van der Waals surface area contributed by atoms with Gasteiger partial charge in [-0.2, -0.15) is 13.2 Å². The number of nitrogens with zero attached hydrogens (tertiary/aromatic N) is 3. The molecule has 200 valence electrons. The maximum absolute atomic E-state index is 11.6. The number of pyridine rings is 1. The molecule has 0 fully saturated rings. The van der Waals surface area contributed by atoms with E-state index >= 15 is 0 Å². The smallest absolute Gasteiger partial charge is 0.398 e. The first-order chi connectivity index (χ1) is 17.5. The molecule has 0 amide bonds. The minimum absolute atomic E-state index is 0.00975. The summed E-state index contributed by atoms with van der Waals surface area (Å²) in [4.78, 5) is 22.4. The molecular formula is C25H33F3N8O. The largest absolute Gasteiger partial charge is 0.433 e. The Bertz CT molecular complexity index is 1120. The van der Waals surface area contributed by atoms with Gasteiger partial charge in [-0.05, 0) is 37.3 Å². The van der Waals surface area contributed by atoms with Gasteiger partial charge in [0, 0.05) is 30.1 Å². The number of guanidine groups is 1. The predicted octanol–water partition coefficient (Wildman–Crippen LogP) is 5.29. The molecule has 0 aliphatic carbocycles. The number of hydrogen-bond donors (Lipinski definition) is 5. The van der Waals surface area contributed by atoms with E-state index in [-0.39, 0.29) is 12.2 Å². The molecule has 0 saturated carbocycles. The highest BCUT2D eigenvalue weighted by atomic mass is 19.4. The topological polar surface area (TPSA) is 166 Å². The van der Waals surface area contributed by atoms with Crippen molar-refractivity contribution in [2.75, 3.05) is 18.1 Å². The number of anilines is 2. The molecule has 2 rings (SSSR count). The van der Waals surface area contributed by atoms with Gasteiger partial charge in [0.2, 0.25) is 5.96 Å². The highest BCUT2D eigenvalue weighted by Gasteiger charge is 2.36. The Morgan fingerprint density at radius 1 is 1.19 bits per heavy atom. The standard InChI is InChI=1S/C15H17N7.C6H6F3NO.C4H10/c1-19-14-4-2-3-12(21-14)9-20-15(18)22-11-5-6-13(17)10(7-11)8-16;1-2-4(3-11)5(10)6(7,8)9;1-3-4-2/h2-9,16H,17H2,1H3,(H2,18,22)(H,19,21);2-3,10H,1H3;3-4H2,1-2H3/b16-8?,20-9+;4-2-,10-5?;. The number of nitrogens with two attached hydrogens (primary N) is 2. The quantitative estimate of drug-likeness (QED) is 0.110. The first-order valence-electron chi connectivity index (χ1n) is 11.2. The van der Waals surface area contributed by atoms with Crippen LogP contribution in [-0.4, -0.2) is 48.6 Å². The summed E-state index contributed by atoms with van der Waals surface area (Å²) in [5.41, 5.74) is 11.6. The second kappa shape index (κ2) is 17.1. The number of carbonyl (C=O) groups excluding carboxylic acids is 1. The molecule has 1 aromatic heterocycles. The number of nitrogens with one attached hydrogen (secondary N) is 3. The molecule has 1 aromatic carbocycles. The van der Waals surface area contributed by atoms with Crippen LogP contribution in [0.2, 0.25) is 0 Å². The van der Waals surface area contributed by atoms with E-state index in [2.05, 4.69) is 34.1 Å². The van der Waals surface area contributed by atoms with Crippen LogP contribution in [-0.2, 0) is 4.79 Å². The van der Waals surface area contributed by atoms with Gasteiger partial charge >= 0.3 is 6.18 Å². The molecule has 2 aromatic rings. The number of alkyl halides is 3. The lowest BCUT2D eigenvalue weighted by Gasteiger charge is -2.05. The number of nitrogen functional groups attached to an aromatic ring is 1. The Morgan fingerprint density at radius 3 is 2.30 bits per heavy atom. The van der Waals surface area contributed by atoms with Crippen molar-refractivity contribution in [2.24, 2.45) is 15.7 Å². The van der Waals surface area contributed by atoms with Gasteiger partial charge in [0.15, 0.2) is 6.29 Å². The van der Waals surface area contributed by atoms with Crippen LogP contribution in [0.15, 0.2) is 58.0 Å². The van der Waals surface area contributed by atoms with Crippen molar-refractivity contribution < 1.29 is 18.0 Å². The van der Waals surface area contributed by atoms with E-state index in [9.17, 15) is 18.0 Å². The molecule has 0 aliphatic heterocycles. The number of unbranched alkanes of at least 4 members (excludes halogenated alkanes) is 1. The minimum atomic E-state index is -4.73. The van der Waals surface area contributed by atoms with Crippen LogP contribution in [0.25, 0.3) is 0 Å². The fourth-order valence-electron chi connectivity index (χ4n) is 2.15. The molecule has 0 bridgehead atoms. The van der Waals surface area contributed by atoms with Crippen molar-refractivity contribution in [3.05, 3.63) is 59.3 Å². The van der Waals surface area contributed by atoms with Gasteiger partial charge in [-0.3, -0.25) is 10.2 Å². The summed E-state index contributed by atoms with van der Waals surface area (Å²) in [7, 11) is 1.79. The Balaban J connectivity index is 0.000000723. The first-order valence-corrected chi connectivity index (χ1v) is 11.2. The van der Waals surface area contributed by atoms with E-state index in [0.29, 0.717) is 22.6 Å². The van der Waals surface area contributed by atoms with Crippen LogP contribution in [0.3, 0.4) is 0 Å². The van der Waals surface area contributed by atoms with Gasteiger partial charge in [-0.25, -0.2) is 15.0 Å². The summed E-state index contributed by atoms with van der Waals surface area (Å²) in [6.45, 7) is 5.63. The monoisotopic (exact) mass is 518 g/mol. The van der Waals surface area contributed by atoms with Gasteiger partial charge in [-0.1, -0.05) is 38.8 Å². The number of aliphatic imine (C=N–C) groups is 2. The van der Waals surface area contributed by atoms with Gasteiger partial charge in [0.1, 0.15) is 11.5 Å². The lowest BCUT2D eigenvalue weighted by Crippen LogP contribution is -2.24. The minimum Gasteiger partial charge on any atom is -0.398 e. The van der Waals surface area contributed by atoms with Gasteiger partial charge in [-0.15, -0.1) is 0 Å². The zero-order valence-corrected chi connectivity index (χ0v) is 21.2. The van der Waals surface area contributed by atoms with Crippen molar-refractivity contribution >= 4 is 47.6 Å². The lowest BCUT2D eigenvalue weighted by atomic mass is 10.1. The average molecular weight is 519 g/mol. The van der Waals surface area contributed by atoms with Gasteiger partial charge in [0.25, 0.3) is 0 Å². The van der Waals surface area contributed by atoms with Crippen molar-refractivity contribution in [1.29, 1.82) is 10.8 Å². The molecule has 0 radical (unpaired) electrons. The third-order valence-electron chi connectivity index (χ3n) is 4.34. The van der Waals surface area contributed by atoms with E-state index in [1.807, 2.05) is 18.2 Å². The highest BCUT2D eigenvalue weighted by molar-refractivity contribution is 6.15. The van der Waals surface area contributed by atoms with E-state index in [1.165, 1.54) is 32.2 Å². The van der Waals surface area contributed by atoms with E-state index in [0.717, 1.165) is 11.9 Å². The molecular weight excluding hydrogens is 485 g/mol. The Hall–Kier alpha value is -4.35. The Kier molecular flexibility index (Phi) is 15.1. The van der Waals surface area contributed by atoms with Crippen molar-refractivity contribution in [1.82, 2.24) is 4.98 Å². The molecule has 0 spiro atoms. The second-order valence-electron chi connectivity index (χ2n) is 7.12. The number of benzene rings is 1. The normalized spacial score (nSPS) is 11.5. The molecule has 37 heavy (non-hydrogen) atoms. The fourth-order valence-corrected chi connectivity index (χ4v) is 2.15. The maximum Gasteiger partial charge on any atom is 0.433 e. The summed E-state index contributed by atoms with van der Waals surface area (Å²) >= 11 is 0. The van der Waals surface area contributed by atoms with Crippen LogP contribution in [0.5, 0.6) is 0 Å². The molecule has 12 heteroatoms. The lowest BCUT2D eigenvalue weighted by molar-refractivity contribution is -0.105. The number of hydrogen-bond acceptors (Lipinski definition) is 7. The molecule has 1 heterocycles. The Morgan fingerprint density at radius 2 is 1.84 bits per heavy atom. The number of halogens is 3. The van der Waals surface area contributed by atoms with E-state index < -0.39 is 17.5 Å². The number of allylic oxidation sites excluding steroid dienone is 2. The molecule has 0 atom stereocenters. The van der Waals surface area contributed by atoms with Crippen LogP contribution < -0.4 is 16.8 Å². The third-order valence-corrected chi connectivity index (χ3v) is 4.34. The maximum atomic E-state index is 11.6. The molecule has 9 nitrogen and oxygen atoms in total. The molecule has 0 saturated heterocycles. The van der Waals surface area contributed by atoms with Crippen LogP contribution >= 0.6 is 0 Å². The summed E-state index contributed by atoms with van der Waals surface area (Å²) in [6.07, 6.45) is 1.57. The average Bonchev–Trinajstić information content (AvgIpc) is 2.89. The first kappa shape index (κ1) is 32.7. The summed E-state index contributed by atoms with van der Waals surface area (Å²) in [6, 6.07) is 10.6. The van der Waals surface area contributed by atoms with Gasteiger partial charge in [0.05, 0.1) is 17.6 Å². The van der Waals surface area contributed by atoms with Crippen LogP contribution in [0.4, 0.5) is 30.4 Å². The van der Waals surface area contributed by atoms with Crippen molar-refractivity contribution in [3.63, 3.8) is 0 Å². The van der Waals surface area contributed by atoms with Gasteiger partial charge < -0.3 is 22.2 Å². The second-order valence-corrected chi connectivity index (χ2v) is 7.12. The fraction of sp³-hybridized carbons (Fsp3) is 0.280. The Labute approximate surface area is 214 Å². The number of rotatable bonds is 7. The zero-order valence-electron chi connectivity index (χ0n) is 21.2. The number of carbonyl (C=O) groups is 1. The molecule has 0 aliphatic rings. The van der Waals surface area contributed by atoms with E-state index in [4.69, 9.17) is 22.3 Å². The molecule has 0 unspecified atom stereocenters. The summed E-state index contributed by atoms with van der Waals surface area (Å²) in [5.74, 6) is 0.839. The molecule has 7 N–H and O–H groups in total. The SMILES string of the molecule is C/C=C(/C=O)C(=N)C(F)(F)F.CCCC.CNc1cccc(/C=N/C(N)=Nc2ccc(N)c(C=N)c2)n1. The van der Waals surface area contributed by atoms with Crippen molar-refractivity contribution in [3.8, 4) is 0 Å². The number of aromatic nitrogens is 1. The highest BCUT2D eigenvalue weighted by Crippen LogP contribution is 2.20. The number of aldehydes is 1. The predicted molar refractivity (Wildman–Crippen MR) is 146 cm³/mol. The zero-order chi connectivity index (χ0) is 28.4. The van der Waals surface area contributed by atoms with Crippen molar-refractivity contribution in [2.45, 2.75) is 39.8 Å². The third kappa shape index (κ3) is 12.8.